The van der Waals surface area contributed by atoms with Gasteiger partial charge in [-0.15, -0.1) is 5.10 Å². The summed E-state index contributed by atoms with van der Waals surface area (Å²) in [7, 11) is 3.51. The highest BCUT2D eigenvalue weighted by molar-refractivity contribution is 5.86. The monoisotopic (exact) mass is 427 g/mol. The molecular formula is C24H37N5O2. The average molecular weight is 428 g/mol. The Balaban J connectivity index is 1.35. The molecule has 0 bridgehead atoms. The molecule has 7 nitrogen and oxygen atoms in total. The Bertz CT molecular complexity index is 930. The van der Waals surface area contributed by atoms with E-state index in [-0.39, 0.29) is 11.9 Å². The molecular weight excluding hydrogens is 390 g/mol. The summed E-state index contributed by atoms with van der Waals surface area (Å²) in [5.41, 5.74) is 4.02. The number of rotatable bonds is 6. The highest BCUT2D eigenvalue weighted by Gasteiger charge is 2.29. The first kappa shape index (κ1) is 22.1. The largest absolute Gasteiger partial charge is 0.479 e. The van der Waals surface area contributed by atoms with Crippen LogP contribution in [0.4, 0.5) is 0 Å². The highest BCUT2D eigenvalue weighted by atomic mass is 16.5. The summed E-state index contributed by atoms with van der Waals surface area (Å²) in [5.74, 6) is 0.738. The van der Waals surface area contributed by atoms with E-state index in [4.69, 9.17) is 9.72 Å². The molecule has 0 spiro atoms. The summed E-state index contributed by atoms with van der Waals surface area (Å²) in [4.78, 5) is 20.1. The predicted octanol–water partition coefficient (Wildman–Crippen LogP) is 3.44. The molecule has 2 aromatic rings. The van der Waals surface area contributed by atoms with Gasteiger partial charge in [0.25, 0.3) is 0 Å². The van der Waals surface area contributed by atoms with E-state index in [2.05, 4.69) is 22.2 Å². The molecule has 7 heteroatoms. The van der Waals surface area contributed by atoms with E-state index in [1.807, 2.05) is 14.0 Å². The molecule has 1 amide bonds. The van der Waals surface area contributed by atoms with E-state index in [9.17, 15) is 4.79 Å². The number of likely N-dealkylation sites (tertiary alicyclic amines) is 1. The minimum Gasteiger partial charge on any atom is -0.479 e. The van der Waals surface area contributed by atoms with Crippen LogP contribution in [0.2, 0.25) is 0 Å². The third-order valence-electron chi connectivity index (χ3n) is 7.24. The van der Waals surface area contributed by atoms with Crippen LogP contribution in [0.3, 0.4) is 0 Å². The number of nitrogens with one attached hydrogen (secondary N) is 1. The van der Waals surface area contributed by atoms with Gasteiger partial charge in [0.05, 0.1) is 12.5 Å². The molecule has 1 aliphatic carbocycles. The molecule has 0 aromatic carbocycles. The molecule has 170 valence electrons. The SMILES string of the molecule is COc1nn(C)c2nc(C)c(CCC(=O)NC3CCN(C4CCCCCC4)C3)c(C)c12. The van der Waals surface area contributed by atoms with Gasteiger partial charge in [-0.1, -0.05) is 25.7 Å². The van der Waals surface area contributed by atoms with Crippen molar-refractivity contribution in [3.05, 3.63) is 16.8 Å². The topological polar surface area (TPSA) is 72.3 Å². The molecule has 1 N–H and O–H groups in total. The van der Waals surface area contributed by atoms with Crippen molar-refractivity contribution in [1.29, 1.82) is 0 Å². The Morgan fingerprint density at radius 1 is 1.16 bits per heavy atom. The van der Waals surface area contributed by atoms with Crippen LogP contribution in [0.5, 0.6) is 5.88 Å². The van der Waals surface area contributed by atoms with Gasteiger partial charge in [0, 0.05) is 44.3 Å². The predicted molar refractivity (Wildman–Crippen MR) is 122 cm³/mol. The number of carbonyl (C=O) groups is 1. The van der Waals surface area contributed by atoms with Crippen LogP contribution in [0.25, 0.3) is 11.0 Å². The molecule has 4 rings (SSSR count). The van der Waals surface area contributed by atoms with Crippen LogP contribution in [-0.4, -0.2) is 57.9 Å². The summed E-state index contributed by atoms with van der Waals surface area (Å²) >= 11 is 0. The number of amides is 1. The van der Waals surface area contributed by atoms with Crippen LogP contribution < -0.4 is 10.1 Å². The Hall–Kier alpha value is -2.15. The van der Waals surface area contributed by atoms with Gasteiger partial charge in [0.2, 0.25) is 11.8 Å². The number of carbonyl (C=O) groups excluding carboxylic acids is 1. The molecule has 2 aromatic heterocycles. The second kappa shape index (κ2) is 9.55. The van der Waals surface area contributed by atoms with E-state index in [1.165, 1.54) is 38.5 Å². The highest BCUT2D eigenvalue weighted by Crippen LogP contribution is 2.30. The first-order valence-corrected chi connectivity index (χ1v) is 11.9. The van der Waals surface area contributed by atoms with Gasteiger partial charge in [-0.05, 0) is 50.7 Å². The molecule has 0 radical (unpaired) electrons. The summed E-state index contributed by atoms with van der Waals surface area (Å²) in [5, 5.41) is 8.65. The third-order valence-corrected chi connectivity index (χ3v) is 7.24. The number of aryl methyl sites for hydroxylation is 3. The second-order valence-electron chi connectivity index (χ2n) is 9.33. The number of aromatic nitrogens is 3. The first-order valence-electron chi connectivity index (χ1n) is 11.9. The lowest BCUT2D eigenvalue weighted by Gasteiger charge is -2.26. The molecule has 1 aliphatic heterocycles. The lowest BCUT2D eigenvalue weighted by molar-refractivity contribution is -0.121. The van der Waals surface area contributed by atoms with Crippen LogP contribution in [0, 0.1) is 13.8 Å². The standard InChI is InChI=1S/C24H37N5O2/c1-16-20(17(2)25-23-22(16)24(31-4)27-28(23)3)11-12-21(30)26-18-13-14-29(15-18)19-9-7-5-6-8-10-19/h18-19H,5-15H2,1-4H3,(H,26,30). The number of fused-ring (bicyclic) bond motifs is 1. The fourth-order valence-electron chi connectivity index (χ4n) is 5.51. The number of hydrogen-bond acceptors (Lipinski definition) is 5. The summed E-state index contributed by atoms with van der Waals surface area (Å²) in [6, 6.07) is 1.01. The molecule has 31 heavy (non-hydrogen) atoms. The Labute approximate surface area is 185 Å². The van der Waals surface area contributed by atoms with Crippen LogP contribution in [-0.2, 0) is 18.3 Å². The lowest BCUT2D eigenvalue weighted by Crippen LogP contribution is -2.39. The smallest absolute Gasteiger partial charge is 0.242 e. The molecule has 1 saturated heterocycles. The van der Waals surface area contributed by atoms with Crippen LogP contribution in [0.1, 0.15) is 68.2 Å². The third kappa shape index (κ3) is 4.71. The lowest BCUT2D eigenvalue weighted by atomic mass is 10.00. The molecule has 1 saturated carbocycles. The first-order chi connectivity index (χ1) is 15.0. The minimum absolute atomic E-state index is 0.143. The molecule has 2 aliphatic rings. The minimum atomic E-state index is 0.143. The molecule has 1 unspecified atom stereocenters. The van der Waals surface area contributed by atoms with Crippen molar-refractivity contribution in [2.45, 2.75) is 83.7 Å². The van der Waals surface area contributed by atoms with Crippen LogP contribution >= 0.6 is 0 Å². The van der Waals surface area contributed by atoms with E-state index < -0.39 is 0 Å². The Morgan fingerprint density at radius 2 is 1.90 bits per heavy atom. The number of ether oxygens (including phenoxy) is 1. The van der Waals surface area contributed by atoms with E-state index in [0.717, 1.165) is 53.4 Å². The fraction of sp³-hybridized carbons (Fsp3) is 0.708. The van der Waals surface area contributed by atoms with Gasteiger partial charge in [0.15, 0.2) is 5.65 Å². The Morgan fingerprint density at radius 3 is 2.61 bits per heavy atom. The van der Waals surface area contributed by atoms with Crippen molar-refractivity contribution in [3.8, 4) is 5.88 Å². The van der Waals surface area contributed by atoms with Gasteiger partial charge in [-0.2, -0.15) is 0 Å². The van der Waals surface area contributed by atoms with E-state index in [0.29, 0.717) is 18.7 Å². The zero-order chi connectivity index (χ0) is 22.0. The quantitative estimate of drug-likeness (QED) is 0.715. The van der Waals surface area contributed by atoms with Gasteiger partial charge in [-0.3, -0.25) is 9.69 Å². The van der Waals surface area contributed by atoms with E-state index in [1.54, 1.807) is 11.8 Å². The Kier molecular flexibility index (Phi) is 6.80. The molecule has 2 fully saturated rings. The average Bonchev–Trinajstić information content (AvgIpc) is 3.21. The van der Waals surface area contributed by atoms with Crippen LogP contribution in [0.15, 0.2) is 0 Å². The normalized spacial score (nSPS) is 20.8. The maximum absolute atomic E-state index is 12.7. The zero-order valence-corrected chi connectivity index (χ0v) is 19.5. The summed E-state index contributed by atoms with van der Waals surface area (Å²) < 4.78 is 7.20. The fourth-order valence-corrected chi connectivity index (χ4v) is 5.51. The number of hydrogen-bond donors (Lipinski definition) is 1. The number of pyridine rings is 1. The van der Waals surface area contributed by atoms with Crippen molar-refractivity contribution in [3.63, 3.8) is 0 Å². The van der Waals surface area contributed by atoms with Crippen molar-refractivity contribution in [2.75, 3.05) is 20.2 Å². The van der Waals surface area contributed by atoms with Gasteiger partial charge in [0.1, 0.15) is 0 Å². The van der Waals surface area contributed by atoms with Crippen molar-refractivity contribution in [2.24, 2.45) is 7.05 Å². The number of methoxy groups -OCH3 is 1. The van der Waals surface area contributed by atoms with Crippen molar-refractivity contribution in [1.82, 2.24) is 25.0 Å². The van der Waals surface area contributed by atoms with Crippen molar-refractivity contribution < 1.29 is 9.53 Å². The number of nitrogens with zero attached hydrogens (tertiary/aromatic N) is 4. The van der Waals surface area contributed by atoms with Gasteiger partial charge >= 0.3 is 0 Å². The maximum atomic E-state index is 12.7. The molecule has 1 atom stereocenters. The van der Waals surface area contributed by atoms with Gasteiger partial charge in [-0.25, -0.2) is 9.67 Å². The maximum Gasteiger partial charge on any atom is 0.242 e. The second-order valence-corrected chi connectivity index (χ2v) is 9.33. The summed E-state index contributed by atoms with van der Waals surface area (Å²) in [6.07, 6.45) is 10.4. The van der Waals surface area contributed by atoms with E-state index >= 15 is 0 Å². The zero-order valence-electron chi connectivity index (χ0n) is 19.5. The molecule has 3 heterocycles. The van der Waals surface area contributed by atoms with Gasteiger partial charge < -0.3 is 10.1 Å². The summed E-state index contributed by atoms with van der Waals surface area (Å²) in [6.45, 7) is 6.22. The van der Waals surface area contributed by atoms with Crippen molar-refractivity contribution >= 4 is 16.9 Å².